The van der Waals surface area contributed by atoms with E-state index in [2.05, 4.69) is 25.9 Å². The SMILES string of the molecule is CCCOC(=O)c1cc(NC(=O)CCNC(=O)c2cccc(-c3noc(C)n3)c2)nn1C. The summed E-state index contributed by atoms with van der Waals surface area (Å²) in [6.07, 6.45) is 0.738. The van der Waals surface area contributed by atoms with Crippen LogP contribution in [0.25, 0.3) is 11.4 Å². The van der Waals surface area contributed by atoms with Crippen molar-refractivity contribution in [2.45, 2.75) is 26.7 Å². The highest BCUT2D eigenvalue weighted by Crippen LogP contribution is 2.17. The van der Waals surface area contributed by atoms with Crippen molar-refractivity contribution in [2.24, 2.45) is 7.05 Å². The summed E-state index contributed by atoms with van der Waals surface area (Å²) in [5, 5.41) is 13.2. The van der Waals surface area contributed by atoms with Gasteiger partial charge in [0.15, 0.2) is 5.82 Å². The third kappa shape index (κ3) is 5.78. The number of benzene rings is 1. The average molecular weight is 440 g/mol. The van der Waals surface area contributed by atoms with E-state index in [0.717, 1.165) is 0 Å². The fourth-order valence-electron chi connectivity index (χ4n) is 2.80. The monoisotopic (exact) mass is 440 g/mol. The number of esters is 1. The Morgan fingerprint density at radius 2 is 2.03 bits per heavy atom. The zero-order valence-corrected chi connectivity index (χ0v) is 18.0. The number of nitrogens with one attached hydrogen (secondary N) is 2. The van der Waals surface area contributed by atoms with Crippen LogP contribution >= 0.6 is 0 Å². The van der Waals surface area contributed by atoms with Crippen LogP contribution in [0.1, 0.15) is 46.5 Å². The molecule has 11 nitrogen and oxygen atoms in total. The molecule has 0 fully saturated rings. The second-order valence-corrected chi connectivity index (χ2v) is 6.95. The zero-order valence-electron chi connectivity index (χ0n) is 18.0. The van der Waals surface area contributed by atoms with E-state index in [-0.39, 0.29) is 36.3 Å². The van der Waals surface area contributed by atoms with E-state index in [0.29, 0.717) is 35.9 Å². The number of hydrogen-bond donors (Lipinski definition) is 2. The highest BCUT2D eigenvalue weighted by Gasteiger charge is 2.16. The fourth-order valence-corrected chi connectivity index (χ4v) is 2.80. The number of aromatic nitrogens is 4. The number of aryl methyl sites for hydroxylation is 2. The number of hydrogen-bond acceptors (Lipinski definition) is 8. The van der Waals surface area contributed by atoms with Crippen LogP contribution in [0.3, 0.4) is 0 Å². The summed E-state index contributed by atoms with van der Waals surface area (Å²) < 4.78 is 11.4. The number of carbonyl (C=O) groups is 3. The number of anilines is 1. The highest BCUT2D eigenvalue weighted by atomic mass is 16.5. The van der Waals surface area contributed by atoms with Crippen LogP contribution < -0.4 is 10.6 Å². The number of carbonyl (C=O) groups excluding carboxylic acids is 3. The van der Waals surface area contributed by atoms with Crippen molar-refractivity contribution in [1.29, 1.82) is 0 Å². The maximum absolute atomic E-state index is 12.4. The molecule has 0 aliphatic heterocycles. The summed E-state index contributed by atoms with van der Waals surface area (Å²) in [6.45, 7) is 4.01. The van der Waals surface area contributed by atoms with E-state index >= 15 is 0 Å². The Morgan fingerprint density at radius 3 is 2.75 bits per heavy atom. The molecule has 2 amide bonds. The van der Waals surface area contributed by atoms with Gasteiger partial charge in [0.25, 0.3) is 5.91 Å². The maximum Gasteiger partial charge on any atom is 0.356 e. The lowest BCUT2D eigenvalue weighted by Gasteiger charge is -2.06. The van der Waals surface area contributed by atoms with Crippen LogP contribution in [0.15, 0.2) is 34.9 Å². The van der Waals surface area contributed by atoms with Crippen molar-refractivity contribution in [3.8, 4) is 11.4 Å². The number of ether oxygens (including phenoxy) is 1. The number of nitrogens with zero attached hydrogens (tertiary/aromatic N) is 4. The van der Waals surface area contributed by atoms with Crippen molar-refractivity contribution in [3.63, 3.8) is 0 Å². The molecule has 168 valence electrons. The van der Waals surface area contributed by atoms with Gasteiger partial charge in [-0.25, -0.2) is 4.79 Å². The lowest BCUT2D eigenvalue weighted by Crippen LogP contribution is -2.27. The molecule has 2 aromatic heterocycles. The van der Waals surface area contributed by atoms with Gasteiger partial charge in [0.1, 0.15) is 5.69 Å². The largest absolute Gasteiger partial charge is 0.461 e. The van der Waals surface area contributed by atoms with Crippen molar-refractivity contribution < 1.29 is 23.6 Å². The molecule has 3 rings (SSSR count). The van der Waals surface area contributed by atoms with Crippen LogP contribution in [0.4, 0.5) is 5.82 Å². The Bertz CT molecular complexity index is 1120. The summed E-state index contributed by atoms with van der Waals surface area (Å²) >= 11 is 0. The molecule has 0 bridgehead atoms. The maximum atomic E-state index is 12.4. The summed E-state index contributed by atoms with van der Waals surface area (Å²) in [5.41, 5.74) is 1.29. The first kappa shape index (κ1) is 22.7. The molecule has 0 unspecified atom stereocenters. The lowest BCUT2D eigenvalue weighted by atomic mass is 10.1. The zero-order chi connectivity index (χ0) is 23.1. The van der Waals surface area contributed by atoms with Gasteiger partial charge in [-0.1, -0.05) is 24.2 Å². The summed E-state index contributed by atoms with van der Waals surface area (Å²) in [5.74, 6) is -0.140. The molecule has 0 saturated carbocycles. The van der Waals surface area contributed by atoms with Gasteiger partial charge in [0.05, 0.1) is 6.61 Å². The Morgan fingerprint density at radius 1 is 1.22 bits per heavy atom. The molecule has 0 radical (unpaired) electrons. The minimum atomic E-state index is -0.507. The molecule has 2 N–H and O–H groups in total. The van der Waals surface area contributed by atoms with Gasteiger partial charge in [0.2, 0.25) is 17.6 Å². The normalized spacial score (nSPS) is 10.6. The fraction of sp³-hybridized carbons (Fsp3) is 0.333. The summed E-state index contributed by atoms with van der Waals surface area (Å²) in [7, 11) is 1.59. The van der Waals surface area contributed by atoms with Crippen LogP contribution in [-0.2, 0) is 16.6 Å². The smallest absolute Gasteiger partial charge is 0.356 e. The third-order valence-corrected chi connectivity index (χ3v) is 4.34. The van der Waals surface area contributed by atoms with Gasteiger partial charge < -0.3 is 19.9 Å². The van der Waals surface area contributed by atoms with Gasteiger partial charge in [-0.05, 0) is 18.6 Å². The molecule has 2 heterocycles. The molecule has 0 spiro atoms. The Hall–Kier alpha value is -4.02. The van der Waals surface area contributed by atoms with Crippen LogP contribution in [0.5, 0.6) is 0 Å². The Kier molecular flexibility index (Phi) is 7.32. The minimum absolute atomic E-state index is 0.0294. The third-order valence-electron chi connectivity index (χ3n) is 4.34. The molecule has 1 aromatic carbocycles. The van der Waals surface area contributed by atoms with E-state index in [4.69, 9.17) is 9.26 Å². The first-order chi connectivity index (χ1) is 15.4. The topological polar surface area (TPSA) is 141 Å². The van der Waals surface area contributed by atoms with E-state index < -0.39 is 5.97 Å². The van der Waals surface area contributed by atoms with E-state index in [9.17, 15) is 14.4 Å². The van der Waals surface area contributed by atoms with E-state index in [1.807, 2.05) is 6.92 Å². The summed E-state index contributed by atoms with van der Waals surface area (Å²) in [6, 6.07) is 8.23. The standard InChI is InChI=1S/C21H24N6O5/c1-4-10-31-21(30)16-12-17(25-27(16)3)24-18(28)8-9-22-20(29)15-7-5-6-14(11-15)19-23-13(2)32-26-19/h5-7,11-12H,4,8-10H2,1-3H3,(H,22,29)(H,24,25,28). The molecule has 11 heteroatoms. The van der Waals surface area contributed by atoms with Crippen molar-refractivity contribution in [2.75, 3.05) is 18.5 Å². The van der Waals surface area contributed by atoms with Gasteiger partial charge in [0, 0.05) is 44.1 Å². The summed E-state index contributed by atoms with van der Waals surface area (Å²) in [4.78, 5) is 40.7. The quantitative estimate of drug-likeness (QED) is 0.482. The van der Waals surface area contributed by atoms with Crippen LogP contribution in [-0.4, -0.2) is 50.9 Å². The van der Waals surface area contributed by atoms with Gasteiger partial charge >= 0.3 is 5.97 Å². The van der Waals surface area contributed by atoms with Gasteiger partial charge in [-0.15, -0.1) is 0 Å². The Balaban J connectivity index is 1.50. The van der Waals surface area contributed by atoms with Crippen molar-refractivity contribution in [1.82, 2.24) is 25.2 Å². The van der Waals surface area contributed by atoms with Crippen LogP contribution in [0.2, 0.25) is 0 Å². The highest BCUT2D eigenvalue weighted by molar-refractivity contribution is 5.96. The van der Waals surface area contributed by atoms with E-state index in [1.165, 1.54) is 10.7 Å². The molecular weight excluding hydrogens is 416 g/mol. The first-order valence-electron chi connectivity index (χ1n) is 10.1. The molecule has 0 aliphatic rings. The second kappa shape index (κ2) is 10.3. The average Bonchev–Trinajstić information content (AvgIpc) is 3.37. The predicted molar refractivity (Wildman–Crippen MR) is 114 cm³/mol. The Labute approximate surface area is 184 Å². The molecule has 0 saturated heterocycles. The van der Waals surface area contributed by atoms with Gasteiger partial charge in [-0.3, -0.25) is 14.3 Å². The van der Waals surface area contributed by atoms with E-state index in [1.54, 1.807) is 38.2 Å². The molecule has 32 heavy (non-hydrogen) atoms. The second-order valence-electron chi connectivity index (χ2n) is 6.95. The molecular formula is C21H24N6O5. The first-order valence-corrected chi connectivity index (χ1v) is 10.1. The minimum Gasteiger partial charge on any atom is -0.461 e. The van der Waals surface area contributed by atoms with Crippen molar-refractivity contribution in [3.05, 3.63) is 47.5 Å². The lowest BCUT2D eigenvalue weighted by molar-refractivity contribution is -0.116. The number of amides is 2. The predicted octanol–water partition coefficient (Wildman–Crippen LogP) is 2.10. The number of rotatable bonds is 9. The van der Waals surface area contributed by atoms with Crippen LogP contribution in [0, 0.1) is 6.92 Å². The molecule has 3 aromatic rings. The molecule has 0 aliphatic carbocycles. The van der Waals surface area contributed by atoms with Gasteiger partial charge in [-0.2, -0.15) is 10.1 Å². The van der Waals surface area contributed by atoms with Crippen molar-refractivity contribution >= 4 is 23.6 Å². The molecule has 0 atom stereocenters.